The van der Waals surface area contributed by atoms with Crippen molar-refractivity contribution in [2.45, 2.75) is 57.8 Å². The number of hydrogen-bond donors (Lipinski definition) is 3. The van der Waals surface area contributed by atoms with E-state index in [0.717, 1.165) is 0 Å². The number of anilines is 2. The van der Waals surface area contributed by atoms with Gasteiger partial charge in [-0.05, 0) is 33.6 Å². The number of nitrogens with zero attached hydrogens (tertiary/aromatic N) is 5. The molecule has 37 heavy (non-hydrogen) atoms. The number of alkyl halides is 1. The van der Waals surface area contributed by atoms with E-state index in [1.807, 2.05) is 20.8 Å². The molecule has 2 aliphatic rings. The smallest absolute Gasteiger partial charge is 0.407 e. The number of aromatic nitrogens is 5. The maximum absolute atomic E-state index is 15.1. The zero-order valence-corrected chi connectivity index (χ0v) is 21.0. The zero-order valence-electron chi connectivity index (χ0n) is 21.0. The molecule has 1 saturated heterocycles. The summed E-state index contributed by atoms with van der Waals surface area (Å²) in [6, 6.07) is 3.33. The van der Waals surface area contributed by atoms with Crippen LogP contribution in [0.1, 0.15) is 54.5 Å². The van der Waals surface area contributed by atoms with Crippen LogP contribution in [0.4, 0.5) is 20.8 Å². The first-order valence-electron chi connectivity index (χ1n) is 12.5. The number of nitrogens with one attached hydrogen (secondary N) is 3. The van der Waals surface area contributed by atoms with Gasteiger partial charge in [0.2, 0.25) is 0 Å². The molecule has 3 N–H and O–H groups in total. The van der Waals surface area contributed by atoms with Gasteiger partial charge in [0.25, 0.3) is 5.91 Å². The van der Waals surface area contributed by atoms with E-state index in [1.165, 1.54) is 0 Å². The molecule has 1 saturated carbocycles. The van der Waals surface area contributed by atoms with Crippen LogP contribution in [-0.2, 0) is 9.47 Å². The number of hydrogen-bond acceptors (Lipinski definition) is 8. The predicted octanol–water partition coefficient (Wildman–Crippen LogP) is 2.70. The lowest BCUT2D eigenvalue weighted by atomic mass is 10.0. The van der Waals surface area contributed by atoms with Crippen LogP contribution >= 0.6 is 0 Å². The quantitative estimate of drug-likeness (QED) is 0.456. The molecule has 0 aromatic carbocycles. The highest BCUT2D eigenvalue weighted by Gasteiger charge is 2.41. The average Bonchev–Trinajstić information content (AvgIpc) is 3.58. The van der Waals surface area contributed by atoms with Crippen molar-refractivity contribution in [2.24, 2.45) is 0 Å². The number of H-pyrrole nitrogens is 1. The molecule has 2 amide bonds. The van der Waals surface area contributed by atoms with E-state index in [-0.39, 0.29) is 11.9 Å². The Morgan fingerprint density at radius 1 is 1.24 bits per heavy atom. The van der Waals surface area contributed by atoms with Gasteiger partial charge in [-0.25, -0.2) is 18.7 Å². The lowest BCUT2D eigenvalue weighted by Gasteiger charge is -2.25. The maximum Gasteiger partial charge on any atom is 0.407 e. The van der Waals surface area contributed by atoms with Crippen molar-refractivity contribution >= 4 is 29.2 Å². The second-order valence-corrected chi connectivity index (χ2v) is 9.70. The first kappa shape index (κ1) is 24.9. The largest absolute Gasteiger partial charge is 0.443 e. The molecule has 3 aromatic heterocycles. The fourth-order valence-corrected chi connectivity index (χ4v) is 4.73. The Morgan fingerprint density at radius 2 is 2.03 bits per heavy atom. The first-order chi connectivity index (χ1) is 17.8. The number of rotatable bonds is 6. The Bertz CT molecular complexity index is 1290. The maximum atomic E-state index is 15.1. The van der Waals surface area contributed by atoms with Gasteiger partial charge in [0.1, 0.15) is 17.8 Å². The molecule has 0 radical (unpaired) electrons. The van der Waals surface area contributed by atoms with Gasteiger partial charge in [-0.2, -0.15) is 10.2 Å². The van der Waals surface area contributed by atoms with Crippen LogP contribution in [0.15, 0.2) is 18.3 Å². The molecule has 0 unspecified atom stereocenters. The zero-order chi connectivity index (χ0) is 26.1. The van der Waals surface area contributed by atoms with Crippen molar-refractivity contribution in [1.29, 1.82) is 0 Å². The monoisotopic (exact) mass is 514 g/mol. The minimum atomic E-state index is -1.35. The molecular weight excluding hydrogens is 483 g/mol. The molecule has 2 fully saturated rings. The highest BCUT2D eigenvalue weighted by atomic mass is 19.1. The van der Waals surface area contributed by atoms with Gasteiger partial charge in [-0.3, -0.25) is 9.89 Å². The predicted molar refractivity (Wildman–Crippen MR) is 132 cm³/mol. The van der Waals surface area contributed by atoms with Gasteiger partial charge in [0.15, 0.2) is 17.3 Å². The molecule has 198 valence electrons. The van der Waals surface area contributed by atoms with E-state index in [0.29, 0.717) is 73.4 Å². The van der Waals surface area contributed by atoms with Crippen LogP contribution in [0.2, 0.25) is 0 Å². The Balaban J connectivity index is 1.30. The van der Waals surface area contributed by atoms with Crippen molar-refractivity contribution in [3.8, 4) is 0 Å². The summed E-state index contributed by atoms with van der Waals surface area (Å²) in [7, 11) is 0. The highest BCUT2D eigenvalue weighted by molar-refractivity contribution is 5.94. The van der Waals surface area contributed by atoms with Crippen molar-refractivity contribution in [3.63, 3.8) is 0 Å². The second kappa shape index (κ2) is 10.3. The van der Waals surface area contributed by atoms with Gasteiger partial charge >= 0.3 is 6.09 Å². The summed E-state index contributed by atoms with van der Waals surface area (Å²) in [5.74, 6) is 0.289. The fourth-order valence-electron chi connectivity index (χ4n) is 4.73. The Labute approximate surface area is 212 Å². The lowest BCUT2D eigenvalue weighted by Crippen LogP contribution is -2.40. The third-order valence-electron chi connectivity index (χ3n) is 6.50. The molecule has 3 aromatic rings. The number of carbonyl (C=O) groups is 2. The number of aromatic amines is 1. The van der Waals surface area contributed by atoms with Crippen LogP contribution in [0.25, 0.3) is 5.52 Å². The van der Waals surface area contributed by atoms with Crippen LogP contribution in [-0.4, -0.2) is 86.3 Å². The first-order valence-corrected chi connectivity index (χ1v) is 12.5. The molecule has 3 atom stereocenters. The van der Waals surface area contributed by atoms with Crippen molar-refractivity contribution in [3.05, 3.63) is 35.4 Å². The Hall–Kier alpha value is -3.74. The number of alkyl carbamates (subject to hydrolysis) is 1. The van der Waals surface area contributed by atoms with Crippen LogP contribution in [0.5, 0.6) is 0 Å². The second-order valence-electron chi connectivity index (χ2n) is 9.70. The van der Waals surface area contributed by atoms with E-state index in [9.17, 15) is 9.59 Å². The molecular formula is C24H31FN8O4. The lowest BCUT2D eigenvalue weighted by molar-refractivity contribution is 0.0299. The van der Waals surface area contributed by atoms with Crippen LogP contribution in [0.3, 0.4) is 0 Å². The minimum absolute atomic E-state index is 0.0879. The van der Waals surface area contributed by atoms with E-state index in [1.54, 1.807) is 27.7 Å². The number of halogens is 1. The summed E-state index contributed by atoms with van der Waals surface area (Å²) >= 11 is 0. The summed E-state index contributed by atoms with van der Waals surface area (Å²) in [4.78, 5) is 31.1. The average molecular weight is 515 g/mol. The van der Waals surface area contributed by atoms with Gasteiger partial charge in [0, 0.05) is 42.9 Å². The van der Waals surface area contributed by atoms with Crippen molar-refractivity contribution < 1.29 is 23.5 Å². The van der Waals surface area contributed by atoms with Crippen LogP contribution < -0.4 is 10.6 Å². The summed E-state index contributed by atoms with van der Waals surface area (Å²) in [5.41, 5.74) is 2.23. The number of ether oxygens (including phenoxy) is 2. The molecule has 0 bridgehead atoms. The normalized spacial score (nSPS) is 22.0. The minimum Gasteiger partial charge on any atom is -0.443 e. The van der Waals surface area contributed by atoms with Crippen molar-refractivity contribution in [2.75, 3.05) is 31.6 Å². The summed E-state index contributed by atoms with van der Waals surface area (Å²) < 4.78 is 27.4. The number of morpholine rings is 1. The molecule has 4 heterocycles. The molecule has 13 heteroatoms. The molecule has 0 spiro atoms. The molecule has 1 aliphatic heterocycles. The Kier molecular flexibility index (Phi) is 6.96. The van der Waals surface area contributed by atoms with E-state index in [4.69, 9.17) is 9.47 Å². The standard InChI is InChI=1S/C24H31FN8O4/c1-13(2)26-24(35)37-19-5-4-15(21(19)25)16-11-20(30-29-16)28-22-18-10-17(31-33(18)12-14(3)27-22)23(34)32-6-8-36-9-7-32/h10-13,15,19,21H,4-9H2,1-3H3,(H,26,35)(H2,27,28,29,30)/t15-,19-,21-/m0/s1. The molecule has 12 nitrogen and oxygen atoms in total. The summed E-state index contributed by atoms with van der Waals surface area (Å²) in [6.45, 7) is 7.52. The Morgan fingerprint density at radius 3 is 2.78 bits per heavy atom. The van der Waals surface area contributed by atoms with Gasteiger partial charge < -0.3 is 25.0 Å². The summed E-state index contributed by atoms with van der Waals surface area (Å²) in [5, 5.41) is 17.4. The third kappa shape index (κ3) is 5.36. The van der Waals surface area contributed by atoms with E-state index in [2.05, 4.69) is 30.9 Å². The molecule has 1 aliphatic carbocycles. The SMILES string of the molecule is Cc1cn2nc(C(=O)N3CCOCC3)cc2c(Nc2cc([C@@H]3CC[C@H](OC(=O)NC(C)C)[C@H]3F)[nH]n2)n1. The van der Waals surface area contributed by atoms with Gasteiger partial charge in [-0.1, -0.05) is 0 Å². The van der Waals surface area contributed by atoms with Gasteiger partial charge in [0.05, 0.1) is 25.1 Å². The number of fused-ring (bicyclic) bond motifs is 1. The topological polar surface area (TPSA) is 139 Å². The number of carbonyl (C=O) groups excluding carboxylic acids is 2. The number of aryl methyl sites for hydroxylation is 1. The fraction of sp³-hybridized carbons (Fsp3) is 0.542. The van der Waals surface area contributed by atoms with Gasteiger partial charge in [-0.15, -0.1) is 0 Å². The van der Waals surface area contributed by atoms with Crippen molar-refractivity contribution in [1.82, 2.24) is 35.0 Å². The van der Waals surface area contributed by atoms with Crippen LogP contribution in [0, 0.1) is 6.92 Å². The highest BCUT2D eigenvalue weighted by Crippen LogP contribution is 2.38. The third-order valence-corrected chi connectivity index (χ3v) is 6.50. The van der Waals surface area contributed by atoms with E-state index >= 15 is 4.39 Å². The number of amides is 2. The molecule has 5 rings (SSSR count). The summed E-state index contributed by atoms with van der Waals surface area (Å²) in [6.07, 6.45) is -0.0830. The van der Waals surface area contributed by atoms with E-state index < -0.39 is 24.3 Å².